The molecule has 3 rings (SSSR count). The maximum absolute atomic E-state index is 13.6. The lowest BCUT2D eigenvalue weighted by atomic mass is 10.1. The second kappa shape index (κ2) is 5.54. The van der Waals surface area contributed by atoms with Crippen LogP contribution in [0.15, 0.2) is 36.4 Å². The van der Waals surface area contributed by atoms with Crippen LogP contribution in [0.25, 0.3) is 0 Å². The summed E-state index contributed by atoms with van der Waals surface area (Å²) >= 11 is 0. The van der Waals surface area contributed by atoms with Gasteiger partial charge in [0.05, 0.1) is 7.11 Å². The number of benzene rings is 2. The normalized spacial score (nSPS) is 12.9. The van der Waals surface area contributed by atoms with Crippen molar-refractivity contribution in [1.82, 2.24) is 5.32 Å². The quantitative estimate of drug-likeness (QED) is 0.912. The van der Waals surface area contributed by atoms with Crippen molar-refractivity contribution in [3.8, 4) is 5.75 Å². The minimum Gasteiger partial charge on any atom is -0.494 e. The van der Waals surface area contributed by atoms with E-state index in [0.717, 1.165) is 18.7 Å². The summed E-state index contributed by atoms with van der Waals surface area (Å²) in [6.45, 7) is 1.61. The van der Waals surface area contributed by atoms with Gasteiger partial charge in [-0.1, -0.05) is 6.07 Å². The third-order valence-electron chi connectivity index (χ3n) is 3.51. The molecule has 2 aromatic carbocycles. The van der Waals surface area contributed by atoms with Crippen LogP contribution in [-0.4, -0.2) is 13.0 Å². The number of carbonyl (C=O) groups is 1. The van der Waals surface area contributed by atoms with E-state index in [4.69, 9.17) is 4.74 Å². The van der Waals surface area contributed by atoms with Gasteiger partial charge in [-0.3, -0.25) is 4.79 Å². The van der Waals surface area contributed by atoms with E-state index in [1.165, 1.54) is 24.8 Å². The molecule has 0 saturated carbocycles. The average Bonchev–Trinajstić information content (AvgIpc) is 2.94. The zero-order valence-electron chi connectivity index (χ0n) is 11.6. The summed E-state index contributed by atoms with van der Waals surface area (Å²) in [6.07, 6.45) is 0. The van der Waals surface area contributed by atoms with E-state index >= 15 is 0 Å². The lowest BCUT2D eigenvalue weighted by Gasteiger charge is -2.08. The lowest BCUT2D eigenvalue weighted by molar-refractivity contribution is 0.102. The number of nitrogens with one attached hydrogen (secondary N) is 2. The molecule has 0 fully saturated rings. The summed E-state index contributed by atoms with van der Waals surface area (Å²) in [4.78, 5) is 12.2. The summed E-state index contributed by atoms with van der Waals surface area (Å²) in [5, 5.41) is 5.92. The highest BCUT2D eigenvalue weighted by atomic mass is 19.1. The van der Waals surface area contributed by atoms with Crippen molar-refractivity contribution in [2.24, 2.45) is 0 Å². The Bertz CT molecular complexity index is 701. The summed E-state index contributed by atoms with van der Waals surface area (Å²) in [5.74, 6) is -0.612. The number of halogens is 1. The van der Waals surface area contributed by atoms with Crippen LogP contribution in [-0.2, 0) is 13.1 Å². The molecule has 2 N–H and O–H groups in total. The molecule has 1 heterocycles. The van der Waals surface area contributed by atoms with Crippen molar-refractivity contribution in [2.75, 3.05) is 12.4 Å². The van der Waals surface area contributed by atoms with E-state index < -0.39 is 5.82 Å². The van der Waals surface area contributed by atoms with Crippen LogP contribution in [0, 0.1) is 5.82 Å². The molecule has 1 amide bonds. The first-order valence-corrected chi connectivity index (χ1v) is 6.65. The minimum absolute atomic E-state index is 0.150. The van der Waals surface area contributed by atoms with Crippen LogP contribution < -0.4 is 15.4 Å². The van der Waals surface area contributed by atoms with Crippen LogP contribution in [0.4, 0.5) is 10.1 Å². The van der Waals surface area contributed by atoms with Gasteiger partial charge in [0.25, 0.3) is 5.91 Å². The van der Waals surface area contributed by atoms with E-state index in [1.54, 1.807) is 12.1 Å². The van der Waals surface area contributed by atoms with Crippen LogP contribution in [0.3, 0.4) is 0 Å². The zero-order valence-corrected chi connectivity index (χ0v) is 11.6. The van der Waals surface area contributed by atoms with Gasteiger partial charge in [-0.05, 0) is 35.4 Å². The van der Waals surface area contributed by atoms with Crippen molar-refractivity contribution < 1.29 is 13.9 Å². The SMILES string of the molecule is COc1ccc(NC(=O)c2ccc3c(c2)CNC3)cc1F. The van der Waals surface area contributed by atoms with Crippen molar-refractivity contribution in [1.29, 1.82) is 0 Å². The predicted octanol–water partition coefficient (Wildman–Crippen LogP) is 2.69. The number of hydrogen-bond donors (Lipinski definition) is 2. The maximum atomic E-state index is 13.6. The topological polar surface area (TPSA) is 50.4 Å². The number of methoxy groups -OCH3 is 1. The molecule has 0 aromatic heterocycles. The predicted molar refractivity (Wildman–Crippen MR) is 77.9 cm³/mol. The van der Waals surface area contributed by atoms with E-state index in [2.05, 4.69) is 10.6 Å². The highest BCUT2D eigenvalue weighted by Gasteiger charge is 2.14. The van der Waals surface area contributed by atoms with Gasteiger partial charge in [-0.2, -0.15) is 0 Å². The molecule has 0 unspecified atom stereocenters. The molecule has 1 aliphatic heterocycles. The first-order chi connectivity index (χ1) is 10.2. The monoisotopic (exact) mass is 286 g/mol. The lowest BCUT2D eigenvalue weighted by Crippen LogP contribution is -2.12. The fourth-order valence-corrected chi connectivity index (χ4v) is 2.38. The Balaban J connectivity index is 1.78. The molecule has 21 heavy (non-hydrogen) atoms. The number of amides is 1. The Morgan fingerprint density at radius 1 is 1.19 bits per heavy atom. The standard InChI is InChI=1S/C16H15FN2O2/c1-21-15-5-4-13(7-14(15)17)19-16(20)10-2-3-11-8-18-9-12(11)6-10/h2-7,18H,8-9H2,1H3,(H,19,20). The zero-order chi connectivity index (χ0) is 14.8. The second-order valence-corrected chi connectivity index (χ2v) is 4.89. The summed E-state index contributed by atoms with van der Waals surface area (Å²) in [6, 6.07) is 9.92. The average molecular weight is 286 g/mol. The first-order valence-electron chi connectivity index (χ1n) is 6.65. The number of anilines is 1. The number of ether oxygens (including phenoxy) is 1. The summed E-state index contributed by atoms with van der Waals surface area (Å²) in [7, 11) is 1.40. The maximum Gasteiger partial charge on any atom is 0.255 e. The third kappa shape index (κ3) is 2.73. The fraction of sp³-hybridized carbons (Fsp3) is 0.188. The second-order valence-electron chi connectivity index (χ2n) is 4.89. The van der Waals surface area contributed by atoms with Crippen LogP contribution in [0.5, 0.6) is 5.75 Å². The van der Waals surface area contributed by atoms with Gasteiger partial charge in [0.1, 0.15) is 0 Å². The third-order valence-corrected chi connectivity index (χ3v) is 3.51. The molecule has 0 spiro atoms. The van der Waals surface area contributed by atoms with Crippen molar-refractivity contribution in [3.05, 3.63) is 58.9 Å². The highest BCUT2D eigenvalue weighted by Crippen LogP contribution is 2.22. The van der Waals surface area contributed by atoms with E-state index in [0.29, 0.717) is 11.3 Å². The molecule has 2 aromatic rings. The number of rotatable bonds is 3. The van der Waals surface area contributed by atoms with Crippen LogP contribution in [0.2, 0.25) is 0 Å². The summed E-state index contributed by atoms with van der Waals surface area (Å²) in [5.41, 5.74) is 3.30. The highest BCUT2D eigenvalue weighted by molar-refractivity contribution is 6.04. The van der Waals surface area contributed by atoms with E-state index in [1.807, 2.05) is 12.1 Å². The molecule has 4 nitrogen and oxygen atoms in total. The van der Waals surface area contributed by atoms with Gasteiger partial charge >= 0.3 is 0 Å². The Kier molecular flexibility index (Phi) is 3.58. The molecule has 0 saturated heterocycles. The largest absolute Gasteiger partial charge is 0.494 e. The molecule has 0 radical (unpaired) electrons. The molecule has 5 heteroatoms. The number of carbonyl (C=O) groups excluding carboxylic acids is 1. The van der Waals surface area contributed by atoms with Gasteiger partial charge < -0.3 is 15.4 Å². The smallest absolute Gasteiger partial charge is 0.255 e. The fourth-order valence-electron chi connectivity index (χ4n) is 2.38. The van der Waals surface area contributed by atoms with Gasteiger partial charge in [-0.25, -0.2) is 4.39 Å². The Labute approximate surface area is 121 Å². The van der Waals surface area contributed by atoms with E-state index in [9.17, 15) is 9.18 Å². The molecule has 108 valence electrons. The summed E-state index contributed by atoms with van der Waals surface area (Å²) < 4.78 is 18.4. The Morgan fingerprint density at radius 3 is 2.76 bits per heavy atom. The van der Waals surface area contributed by atoms with Gasteiger partial charge in [0.15, 0.2) is 11.6 Å². The Morgan fingerprint density at radius 2 is 2.00 bits per heavy atom. The van der Waals surface area contributed by atoms with Crippen LogP contribution in [0.1, 0.15) is 21.5 Å². The van der Waals surface area contributed by atoms with Crippen molar-refractivity contribution in [2.45, 2.75) is 13.1 Å². The first kappa shape index (κ1) is 13.6. The van der Waals surface area contributed by atoms with E-state index in [-0.39, 0.29) is 11.7 Å². The van der Waals surface area contributed by atoms with Gasteiger partial charge in [0, 0.05) is 30.4 Å². The minimum atomic E-state index is -0.506. The van der Waals surface area contributed by atoms with Crippen molar-refractivity contribution >= 4 is 11.6 Å². The Hall–Kier alpha value is -2.40. The molecule has 1 aliphatic rings. The number of hydrogen-bond acceptors (Lipinski definition) is 3. The van der Waals surface area contributed by atoms with Crippen LogP contribution >= 0.6 is 0 Å². The van der Waals surface area contributed by atoms with Gasteiger partial charge in [0.2, 0.25) is 0 Å². The molecular formula is C16H15FN2O2. The molecular weight excluding hydrogens is 271 g/mol. The van der Waals surface area contributed by atoms with Crippen molar-refractivity contribution in [3.63, 3.8) is 0 Å². The molecule has 0 aliphatic carbocycles. The van der Waals surface area contributed by atoms with Gasteiger partial charge in [-0.15, -0.1) is 0 Å². The molecule has 0 bridgehead atoms. The number of fused-ring (bicyclic) bond motifs is 1. The molecule has 0 atom stereocenters.